The van der Waals surface area contributed by atoms with Crippen LogP contribution in [0.2, 0.25) is 0 Å². The summed E-state index contributed by atoms with van der Waals surface area (Å²) in [6.07, 6.45) is 3.24. The van der Waals surface area contributed by atoms with Gasteiger partial charge >= 0.3 is 0 Å². The van der Waals surface area contributed by atoms with E-state index in [1.165, 1.54) is 11.1 Å². The molecule has 1 aliphatic rings. The molecule has 6 heteroatoms. The maximum atomic E-state index is 12.5. The molecule has 3 rings (SSSR count). The minimum atomic E-state index is -3.61. The van der Waals surface area contributed by atoms with E-state index in [0.29, 0.717) is 10.2 Å². The van der Waals surface area contributed by atoms with Gasteiger partial charge in [-0.2, -0.15) is 0 Å². The highest BCUT2D eigenvalue weighted by atomic mass is 79.9. The smallest absolute Gasteiger partial charge is 0.263 e. The molecule has 2 aromatic rings. The number of hydrogen-bond donors (Lipinski definition) is 1. The van der Waals surface area contributed by atoms with Crippen molar-refractivity contribution < 1.29 is 8.42 Å². The van der Waals surface area contributed by atoms with E-state index in [9.17, 15) is 8.42 Å². The number of fused-ring (bicyclic) bond motifs is 1. The number of sulfonamides is 1. The molecule has 3 nitrogen and oxygen atoms in total. The van der Waals surface area contributed by atoms with Crippen molar-refractivity contribution in [3.63, 3.8) is 0 Å². The number of halogens is 2. The first-order chi connectivity index (χ1) is 9.95. The fourth-order valence-corrected chi connectivity index (χ4v) is 5.08. The minimum absolute atomic E-state index is 0.220. The Labute approximate surface area is 141 Å². The molecule has 0 fully saturated rings. The van der Waals surface area contributed by atoms with E-state index in [1.807, 2.05) is 18.2 Å². The quantitative estimate of drug-likeness (QED) is 0.778. The van der Waals surface area contributed by atoms with Gasteiger partial charge in [-0.25, -0.2) is 8.42 Å². The predicted molar refractivity (Wildman–Crippen MR) is 91.1 cm³/mol. The predicted octanol–water partition coefficient (Wildman–Crippen LogP) is 4.50. The van der Waals surface area contributed by atoms with E-state index >= 15 is 0 Å². The molecule has 0 unspecified atom stereocenters. The van der Waals surface area contributed by atoms with Crippen LogP contribution in [0, 0.1) is 0 Å². The van der Waals surface area contributed by atoms with Gasteiger partial charge in [-0.05, 0) is 76.7 Å². The topological polar surface area (TPSA) is 46.2 Å². The Morgan fingerprint density at radius 3 is 2.52 bits per heavy atom. The average molecular weight is 431 g/mol. The van der Waals surface area contributed by atoms with Gasteiger partial charge < -0.3 is 0 Å². The number of nitrogens with one attached hydrogen (secondary N) is 1. The van der Waals surface area contributed by atoms with Crippen LogP contribution in [0.1, 0.15) is 17.5 Å². The molecule has 0 aromatic heterocycles. The number of hydrogen-bond acceptors (Lipinski definition) is 2. The van der Waals surface area contributed by atoms with E-state index < -0.39 is 10.0 Å². The molecular formula is C15H13Br2NO2S. The molecule has 0 spiro atoms. The second-order valence-electron chi connectivity index (χ2n) is 5.02. The SMILES string of the molecule is O=S(=O)(Nc1ccc2c(c1)CCC2)c1cc(Br)ccc1Br. The van der Waals surface area contributed by atoms with Crippen molar-refractivity contribution in [2.24, 2.45) is 0 Å². The van der Waals surface area contributed by atoms with Crippen molar-refractivity contribution in [2.75, 3.05) is 4.72 Å². The Kier molecular flexibility index (Phi) is 4.12. The second kappa shape index (κ2) is 5.74. The van der Waals surface area contributed by atoms with E-state index in [4.69, 9.17) is 0 Å². The van der Waals surface area contributed by atoms with Gasteiger partial charge in [0.15, 0.2) is 0 Å². The zero-order chi connectivity index (χ0) is 15.0. The Morgan fingerprint density at radius 1 is 0.952 bits per heavy atom. The van der Waals surface area contributed by atoms with Gasteiger partial charge in [-0.1, -0.05) is 22.0 Å². The summed E-state index contributed by atoms with van der Waals surface area (Å²) < 4.78 is 28.9. The van der Waals surface area contributed by atoms with Crippen molar-refractivity contribution >= 4 is 47.6 Å². The molecule has 0 aliphatic heterocycles. The van der Waals surface area contributed by atoms with Crippen molar-refractivity contribution in [1.29, 1.82) is 0 Å². The summed E-state index contributed by atoms with van der Waals surface area (Å²) in [7, 11) is -3.61. The lowest BCUT2D eigenvalue weighted by Gasteiger charge is -2.11. The van der Waals surface area contributed by atoms with E-state index in [0.717, 1.165) is 23.7 Å². The molecule has 0 atom stereocenters. The molecule has 2 aromatic carbocycles. The molecule has 0 saturated heterocycles. The fraction of sp³-hybridized carbons (Fsp3) is 0.200. The summed E-state index contributed by atoms with van der Waals surface area (Å²) in [4.78, 5) is 0.220. The molecule has 0 amide bonds. The van der Waals surface area contributed by atoms with E-state index in [2.05, 4.69) is 36.6 Å². The summed E-state index contributed by atoms with van der Waals surface area (Å²) in [6, 6.07) is 10.9. The number of aryl methyl sites for hydroxylation is 2. The Morgan fingerprint density at radius 2 is 1.71 bits per heavy atom. The lowest BCUT2D eigenvalue weighted by Crippen LogP contribution is -2.13. The maximum absolute atomic E-state index is 12.5. The molecule has 21 heavy (non-hydrogen) atoms. The number of anilines is 1. The zero-order valence-electron chi connectivity index (χ0n) is 11.1. The van der Waals surface area contributed by atoms with Crippen LogP contribution >= 0.6 is 31.9 Å². The lowest BCUT2D eigenvalue weighted by atomic mass is 10.1. The summed E-state index contributed by atoms with van der Waals surface area (Å²) in [5, 5.41) is 0. The first-order valence-corrected chi connectivity index (χ1v) is 9.62. The van der Waals surface area contributed by atoms with Crippen molar-refractivity contribution in [2.45, 2.75) is 24.2 Å². The summed E-state index contributed by atoms with van der Waals surface area (Å²) in [6.45, 7) is 0. The van der Waals surface area contributed by atoms with Crippen LogP contribution in [-0.2, 0) is 22.9 Å². The summed E-state index contributed by atoms with van der Waals surface area (Å²) in [5.41, 5.74) is 3.17. The van der Waals surface area contributed by atoms with Gasteiger partial charge in [0.05, 0.1) is 0 Å². The van der Waals surface area contributed by atoms with Crippen molar-refractivity contribution in [1.82, 2.24) is 0 Å². The number of benzene rings is 2. The molecule has 0 bridgehead atoms. The van der Waals surface area contributed by atoms with Gasteiger partial charge in [0.1, 0.15) is 4.90 Å². The van der Waals surface area contributed by atoms with E-state index in [1.54, 1.807) is 18.2 Å². The third-order valence-corrected chi connectivity index (χ3v) is 6.40. The molecule has 110 valence electrons. The Bertz CT molecular complexity index is 803. The van der Waals surface area contributed by atoms with E-state index in [-0.39, 0.29) is 4.90 Å². The molecule has 1 N–H and O–H groups in total. The van der Waals surface area contributed by atoms with Gasteiger partial charge in [0, 0.05) is 14.6 Å². The Balaban J connectivity index is 1.94. The third kappa shape index (κ3) is 3.17. The minimum Gasteiger partial charge on any atom is -0.280 e. The molecule has 0 heterocycles. The molecule has 0 saturated carbocycles. The zero-order valence-corrected chi connectivity index (χ0v) is 15.1. The molecular weight excluding hydrogens is 418 g/mol. The third-order valence-electron chi connectivity index (χ3n) is 3.53. The van der Waals surface area contributed by atoms with Crippen LogP contribution in [0.5, 0.6) is 0 Å². The van der Waals surface area contributed by atoms with Crippen LogP contribution in [0.25, 0.3) is 0 Å². The first kappa shape index (κ1) is 15.1. The van der Waals surface area contributed by atoms with Crippen molar-refractivity contribution in [3.05, 3.63) is 56.5 Å². The monoisotopic (exact) mass is 429 g/mol. The first-order valence-electron chi connectivity index (χ1n) is 6.55. The maximum Gasteiger partial charge on any atom is 0.263 e. The largest absolute Gasteiger partial charge is 0.280 e. The van der Waals surface area contributed by atoms with Crippen LogP contribution in [0.4, 0.5) is 5.69 Å². The molecule has 1 aliphatic carbocycles. The van der Waals surface area contributed by atoms with Crippen LogP contribution in [0.3, 0.4) is 0 Å². The molecule has 0 radical (unpaired) electrons. The normalized spacial score (nSPS) is 14.0. The standard InChI is InChI=1S/C15H13Br2NO2S/c16-12-5-7-14(17)15(9-12)21(19,20)18-13-6-4-10-2-1-3-11(10)8-13/h4-9,18H,1-3H2. The van der Waals surface area contributed by atoms with Gasteiger partial charge in [-0.15, -0.1) is 0 Å². The fourth-order valence-electron chi connectivity index (χ4n) is 2.53. The summed E-state index contributed by atoms with van der Waals surface area (Å²) >= 11 is 6.59. The highest BCUT2D eigenvalue weighted by Crippen LogP contribution is 2.29. The van der Waals surface area contributed by atoms with Gasteiger partial charge in [0.25, 0.3) is 10.0 Å². The second-order valence-corrected chi connectivity index (χ2v) is 8.44. The highest BCUT2D eigenvalue weighted by molar-refractivity contribution is 9.11. The van der Waals surface area contributed by atoms with Crippen LogP contribution in [-0.4, -0.2) is 8.42 Å². The van der Waals surface area contributed by atoms with Crippen molar-refractivity contribution in [3.8, 4) is 0 Å². The van der Waals surface area contributed by atoms with Crippen LogP contribution in [0.15, 0.2) is 50.2 Å². The average Bonchev–Trinajstić information content (AvgIpc) is 2.88. The van der Waals surface area contributed by atoms with Gasteiger partial charge in [-0.3, -0.25) is 4.72 Å². The van der Waals surface area contributed by atoms with Gasteiger partial charge in [0.2, 0.25) is 0 Å². The Hall–Kier alpha value is -0.850. The summed E-state index contributed by atoms with van der Waals surface area (Å²) in [5.74, 6) is 0. The number of rotatable bonds is 3. The lowest BCUT2D eigenvalue weighted by molar-refractivity contribution is 0.600. The highest BCUT2D eigenvalue weighted by Gasteiger charge is 2.19. The van der Waals surface area contributed by atoms with Crippen LogP contribution < -0.4 is 4.72 Å².